The van der Waals surface area contributed by atoms with Crippen molar-refractivity contribution in [2.24, 2.45) is 0 Å². The second-order valence-electron chi connectivity index (χ2n) is 2.68. The molecule has 9 heteroatoms. The Bertz CT molecular complexity index is 528. The zero-order valence-corrected chi connectivity index (χ0v) is 8.06. The van der Waals surface area contributed by atoms with Crippen LogP contribution >= 0.6 is 11.3 Å². The number of alkyl halides is 3. The van der Waals surface area contributed by atoms with E-state index in [1.165, 1.54) is 6.92 Å². The molecule has 2 aromatic rings. The Morgan fingerprint density at radius 3 is 2.60 bits per heavy atom. The number of hydrogen-bond acceptors (Lipinski definition) is 5. The molecule has 0 spiro atoms. The Morgan fingerprint density at radius 1 is 1.40 bits per heavy atom. The molecular formula is C6H3F3N4OS. The average Bonchev–Trinajstić information content (AvgIpc) is 2.56. The average molecular weight is 236 g/mol. The van der Waals surface area contributed by atoms with E-state index in [-0.39, 0.29) is 9.97 Å². The summed E-state index contributed by atoms with van der Waals surface area (Å²) >= 11 is 0.771. The summed E-state index contributed by atoms with van der Waals surface area (Å²) in [5.41, 5.74) is 0. The van der Waals surface area contributed by atoms with Gasteiger partial charge in [0.1, 0.15) is 0 Å². The Kier molecular flexibility index (Phi) is 2.00. The fourth-order valence-corrected chi connectivity index (χ4v) is 1.67. The van der Waals surface area contributed by atoms with Gasteiger partial charge in [-0.15, -0.1) is 15.3 Å². The molecule has 0 fully saturated rings. The molecule has 0 radical (unpaired) electrons. The van der Waals surface area contributed by atoms with Gasteiger partial charge in [0, 0.05) is 6.92 Å². The molecule has 0 unspecified atom stereocenters. The van der Waals surface area contributed by atoms with E-state index in [9.17, 15) is 18.0 Å². The third kappa shape index (κ3) is 1.58. The molecule has 2 heterocycles. The fourth-order valence-electron chi connectivity index (χ4n) is 0.936. The van der Waals surface area contributed by atoms with Gasteiger partial charge in [-0.25, -0.2) is 0 Å². The first-order valence-corrected chi connectivity index (χ1v) is 4.51. The summed E-state index contributed by atoms with van der Waals surface area (Å²) in [6, 6.07) is 0. The van der Waals surface area contributed by atoms with Gasteiger partial charge in [0.15, 0.2) is 10.8 Å². The van der Waals surface area contributed by atoms with Crippen molar-refractivity contribution in [3.8, 4) is 0 Å². The molecule has 0 saturated heterocycles. The summed E-state index contributed by atoms with van der Waals surface area (Å²) in [6.07, 6.45) is -4.62. The van der Waals surface area contributed by atoms with Gasteiger partial charge in [-0.1, -0.05) is 11.3 Å². The van der Waals surface area contributed by atoms with Gasteiger partial charge in [0.25, 0.3) is 5.82 Å². The standard InChI is InChI=1S/C6H3F3N4OS/c1-2(14)3-12-13-4(6(7,8)9)10-11-5(13)15-3/h1H3. The highest BCUT2D eigenvalue weighted by atomic mass is 32.1. The molecule has 80 valence electrons. The van der Waals surface area contributed by atoms with Crippen molar-refractivity contribution in [2.45, 2.75) is 13.1 Å². The molecule has 0 aromatic carbocycles. The van der Waals surface area contributed by atoms with Gasteiger partial charge in [-0.3, -0.25) is 4.79 Å². The van der Waals surface area contributed by atoms with Gasteiger partial charge in [0.05, 0.1) is 0 Å². The Labute approximate surface area is 84.5 Å². The van der Waals surface area contributed by atoms with Crippen molar-refractivity contribution in [3.63, 3.8) is 0 Å². The van der Waals surface area contributed by atoms with E-state index in [1.54, 1.807) is 0 Å². The number of nitrogens with zero attached hydrogens (tertiary/aromatic N) is 4. The second-order valence-corrected chi connectivity index (χ2v) is 3.64. The van der Waals surface area contributed by atoms with Crippen LogP contribution in [0.3, 0.4) is 0 Å². The zero-order chi connectivity index (χ0) is 11.2. The van der Waals surface area contributed by atoms with E-state index in [0.29, 0.717) is 4.52 Å². The molecule has 2 aromatic heterocycles. The predicted octanol–water partition coefficient (Wildman–Crippen LogP) is 1.41. The SMILES string of the molecule is CC(=O)c1nn2c(C(F)(F)F)nnc2s1. The van der Waals surface area contributed by atoms with Crippen LogP contribution in [0.2, 0.25) is 0 Å². The predicted molar refractivity (Wildman–Crippen MR) is 43.7 cm³/mol. The third-order valence-electron chi connectivity index (χ3n) is 1.55. The number of rotatable bonds is 1. The molecule has 0 N–H and O–H groups in total. The first-order chi connectivity index (χ1) is 6.89. The molecule has 0 aliphatic carbocycles. The summed E-state index contributed by atoms with van der Waals surface area (Å²) in [5, 5.41) is 9.69. The van der Waals surface area contributed by atoms with Crippen LogP contribution in [-0.2, 0) is 6.18 Å². The van der Waals surface area contributed by atoms with Gasteiger partial charge in [0.2, 0.25) is 4.96 Å². The number of fused-ring (bicyclic) bond motifs is 1. The lowest BCUT2D eigenvalue weighted by atomic mass is 10.5. The summed E-state index contributed by atoms with van der Waals surface area (Å²) < 4.78 is 37.5. The highest BCUT2D eigenvalue weighted by Crippen LogP contribution is 2.28. The first-order valence-electron chi connectivity index (χ1n) is 3.70. The van der Waals surface area contributed by atoms with E-state index in [4.69, 9.17) is 0 Å². The fraction of sp³-hybridized carbons (Fsp3) is 0.333. The largest absolute Gasteiger partial charge is 0.453 e. The van der Waals surface area contributed by atoms with Crippen LogP contribution in [0.25, 0.3) is 4.96 Å². The van der Waals surface area contributed by atoms with Crippen LogP contribution in [0.1, 0.15) is 22.6 Å². The van der Waals surface area contributed by atoms with E-state index >= 15 is 0 Å². The van der Waals surface area contributed by atoms with E-state index in [2.05, 4.69) is 15.3 Å². The van der Waals surface area contributed by atoms with Crippen molar-refractivity contribution in [1.82, 2.24) is 19.8 Å². The Hall–Kier alpha value is -1.51. The first kappa shape index (κ1) is 10.0. The maximum atomic E-state index is 12.3. The highest BCUT2D eigenvalue weighted by Gasteiger charge is 2.38. The van der Waals surface area contributed by atoms with E-state index < -0.39 is 17.8 Å². The summed E-state index contributed by atoms with van der Waals surface area (Å²) in [5.74, 6) is -1.63. The molecule has 0 saturated carbocycles. The normalized spacial score (nSPS) is 12.3. The Morgan fingerprint density at radius 2 is 2.07 bits per heavy atom. The molecular weight excluding hydrogens is 233 g/mol. The molecule has 0 aliphatic rings. The van der Waals surface area contributed by atoms with Crippen LogP contribution < -0.4 is 0 Å². The minimum Gasteiger partial charge on any atom is -0.292 e. The van der Waals surface area contributed by atoms with Gasteiger partial charge >= 0.3 is 6.18 Å². The molecule has 0 aliphatic heterocycles. The van der Waals surface area contributed by atoms with Crippen molar-refractivity contribution < 1.29 is 18.0 Å². The van der Waals surface area contributed by atoms with Gasteiger partial charge in [-0.05, 0) is 0 Å². The minimum absolute atomic E-state index is 0.0228. The van der Waals surface area contributed by atoms with Crippen LogP contribution in [0.15, 0.2) is 0 Å². The van der Waals surface area contributed by atoms with Crippen molar-refractivity contribution in [3.05, 3.63) is 10.8 Å². The summed E-state index contributed by atoms with van der Waals surface area (Å²) in [4.78, 5) is 10.8. The van der Waals surface area contributed by atoms with Crippen molar-refractivity contribution in [2.75, 3.05) is 0 Å². The second kappa shape index (κ2) is 2.99. The molecule has 2 rings (SSSR count). The van der Waals surface area contributed by atoms with Crippen LogP contribution in [0, 0.1) is 0 Å². The quantitative estimate of drug-likeness (QED) is 0.702. The van der Waals surface area contributed by atoms with Crippen molar-refractivity contribution >= 4 is 22.1 Å². The lowest BCUT2D eigenvalue weighted by Crippen LogP contribution is -2.11. The van der Waals surface area contributed by atoms with Crippen LogP contribution in [-0.4, -0.2) is 25.6 Å². The number of Topliss-reactive ketones (excluding diaryl/α,β-unsaturated/α-hetero) is 1. The summed E-state index contributed by atoms with van der Waals surface area (Å²) in [6.45, 7) is 1.22. The summed E-state index contributed by atoms with van der Waals surface area (Å²) in [7, 11) is 0. The smallest absolute Gasteiger partial charge is 0.292 e. The zero-order valence-electron chi connectivity index (χ0n) is 7.24. The maximum absolute atomic E-state index is 12.3. The number of hydrogen-bond donors (Lipinski definition) is 0. The molecule has 0 bridgehead atoms. The van der Waals surface area contributed by atoms with Crippen molar-refractivity contribution in [1.29, 1.82) is 0 Å². The van der Waals surface area contributed by atoms with Crippen LogP contribution in [0.5, 0.6) is 0 Å². The topological polar surface area (TPSA) is 60.2 Å². The Balaban J connectivity index is 2.64. The van der Waals surface area contributed by atoms with E-state index in [0.717, 1.165) is 11.3 Å². The lowest BCUT2D eigenvalue weighted by Gasteiger charge is -1.99. The lowest BCUT2D eigenvalue weighted by molar-refractivity contribution is -0.146. The molecule has 0 atom stereocenters. The molecule has 0 amide bonds. The van der Waals surface area contributed by atoms with Gasteiger partial charge < -0.3 is 0 Å². The molecule has 5 nitrogen and oxygen atoms in total. The maximum Gasteiger partial charge on any atom is 0.453 e. The highest BCUT2D eigenvalue weighted by molar-refractivity contribution is 7.18. The van der Waals surface area contributed by atoms with E-state index in [1.807, 2.05) is 0 Å². The number of carbonyl (C=O) groups is 1. The molecule has 15 heavy (non-hydrogen) atoms. The monoisotopic (exact) mass is 236 g/mol. The number of ketones is 1. The minimum atomic E-state index is -4.62. The number of carbonyl (C=O) groups excluding carboxylic acids is 1. The van der Waals surface area contributed by atoms with Gasteiger partial charge in [-0.2, -0.15) is 17.7 Å². The van der Waals surface area contributed by atoms with Crippen LogP contribution in [0.4, 0.5) is 13.2 Å². The number of halogens is 3. The number of aromatic nitrogens is 4. The third-order valence-corrected chi connectivity index (χ3v) is 2.55.